The van der Waals surface area contributed by atoms with E-state index in [4.69, 9.17) is 4.74 Å². The lowest BCUT2D eigenvalue weighted by atomic mass is 10.0. The van der Waals surface area contributed by atoms with Crippen LogP contribution < -0.4 is 16.2 Å². The number of benzene rings is 1. The predicted molar refractivity (Wildman–Crippen MR) is 124 cm³/mol. The van der Waals surface area contributed by atoms with Crippen molar-refractivity contribution in [2.45, 2.75) is 63.8 Å². The van der Waals surface area contributed by atoms with Crippen LogP contribution in [0.1, 0.15) is 59.6 Å². The van der Waals surface area contributed by atoms with Crippen molar-refractivity contribution in [1.82, 2.24) is 15.2 Å². The highest BCUT2D eigenvalue weighted by Crippen LogP contribution is 2.24. The van der Waals surface area contributed by atoms with Gasteiger partial charge in [-0.2, -0.15) is 0 Å². The Morgan fingerprint density at radius 2 is 1.87 bits per heavy atom. The lowest BCUT2D eigenvalue weighted by Gasteiger charge is -2.26. The van der Waals surface area contributed by atoms with Crippen LogP contribution in [0.3, 0.4) is 0 Å². The van der Waals surface area contributed by atoms with Crippen LogP contribution in [0, 0.1) is 6.92 Å². The number of hydrogen-bond acceptors (Lipinski definition) is 4. The molecule has 7 heteroatoms. The van der Waals surface area contributed by atoms with Gasteiger partial charge < -0.3 is 19.9 Å². The largest absolute Gasteiger partial charge is 0.371 e. The standard InChI is InChI=1S/C24H31N3O3.ClH/c1-17-12-15-27(19-10-13-25-14-11-19)24(29)22(17)23(28)26-20-8-5-9-21(20)30-16-18-6-3-2-4-7-18;/h2-4,6-7,12,15,19-21,25H,5,8-11,13-14,16H2,1H3,(H,26,28);1H/t20-,21-;/m1./s1. The monoisotopic (exact) mass is 445 g/mol. The van der Waals surface area contributed by atoms with E-state index in [0.29, 0.717) is 6.61 Å². The minimum atomic E-state index is -0.277. The molecule has 0 bridgehead atoms. The number of aryl methyl sites for hydroxylation is 1. The zero-order valence-corrected chi connectivity index (χ0v) is 18.8. The number of halogens is 1. The Morgan fingerprint density at radius 3 is 2.61 bits per heavy atom. The second-order valence-corrected chi connectivity index (χ2v) is 8.41. The first-order valence-corrected chi connectivity index (χ1v) is 11.0. The molecule has 2 aliphatic rings. The Labute approximate surface area is 189 Å². The van der Waals surface area contributed by atoms with Crippen LogP contribution >= 0.6 is 12.4 Å². The van der Waals surface area contributed by atoms with Crippen LogP contribution in [-0.2, 0) is 11.3 Å². The summed E-state index contributed by atoms with van der Waals surface area (Å²) in [5.41, 5.74) is 1.93. The Bertz CT molecular complexity index is 925. The van der Waals surface area contributed by atoms with Gasteiger partial charge in [-0.15, -0.1) is 12.4 Å². The smallest absolute Gasteiger partial charge is 0.263 e. The molecule has 168 valence electrons. The summed E-state index contributed by atoms with van der Waals surface area (Å²) in [6.07, 6.45) is 6.43. The molecule has 1 aromatic heterocycles. The first-order valence-electron chi connectivity index (χ1n) is 11.0. The van der Waals surface area contributed by atoms with Crippen molar-refractivity contribution in [3.05, 3.63) is 69.6 Å². The molecule has 6 nitrogen and oxygen atoms in total. The van der Waals surface area contributed by atoms with Gasteiger partial charge in [0.05, 0.1) is 18.8 Å². The molecule has 2 fully saturated rings. The van der Waals surface area contributed by atoms with Crippen molar-refractivity contribution in [2.24, 2.45) is 0 Å². The third-order valence-corrected chi connectivity index (χ3v) is 6.33. The van der Waals surface area contributed by atoms with Gasteiger partial charge in [0.25, 0.3) is 11.5 Å². The maximum Gasteiger partial charge on any atom is 0.263 e. The van der Waals surface area contributed by atoms with Crippen LogP contribution in [0.2, 0.25) is 0 Å². The van der Waals surface area contributed by atoms with Crippen LogP contribution in [0.25, 0.3) is 0 Å². The van der Waals surface area contributed by atoms with E-state index in [9.17, 15) is 9.59 Å². The molecule has 0 unspecified atom stereocenters. The number of amides is 1. The average molecular weight is 446 g/mol. The number of ether oxygens (including phenoxy) is 1. The molecule has 2 aromatic rings. The van der Waals surface area contributed by atoms with Gasteiger partial charge >= 0.3 is 0 Å². The summed E-state index contributed by atoms with van der Waals surface area (Å²) >= 11 is 0. The quantitative estimate of drug-likeness (QED) is 0.715. The summed E-state index contributed by atoms with van der Waals surface area (Å²) in [4.78, 5) is 26.3. The topological polar surface area (TPSA) is 72.4 Å². The van der Waals surface area contributed by atoms with Gasteiger partial charge in [0.2, 0.25) is 0 Å². The summed E-state index contributed by atoms with van der Waals surface area (Å²) in [6.45, 7) is 4.16. The van der Waals surface area contributed by atoms with E-state index in [1.807, 2.05) is 49.5 Å². The highest BCUT2D eigenvalue weighted by atomic mass is 35.5. The number of piperidine rings is 1. The third-order valence-electron chi connectivity index (χ3n) is 6.33. The minimum absolute atomic E-state index is 0. The molecule has 4 rings (SSSR count). The second-order valence-electron chi connectivity index (χ2n) is 8.41. The average Bonchev–Trinajstić information content (AvgIpc) is 3.20. The van der Waals surface area contributed by atoms with Crippen molar-refractivity contribution in [3.63, 3.8) is 0 Å². The summed E-state index contributed by atoms with van der Waals surface area (Å²) < 4.78 is 7.86. The highest BCUT2D eigenvalue weighted by molar-refractivity contribution is 5.95. The van der Waals surface area contributed by atoms with Crippen LogP contribution in [-0.4, -0.2) is 35.7 Å². The lowest BCUT2D eigenvalue weighted by molar-refractivity contribution is 0.0271. The van der Waals surface area contributed by atoms with Gasteiger partial charge in [-0.1, -0.05) is 30.3 Å². The highest BCUT2D eigenvalue weighted by Gasteiger charge is 2.31. The Kier molecular flexibility index (Phi) is 8.29. The third kappa shape index (κ3) is 5.56. The molecule has 1 aliphatic carbocycles. The van der Waals surface area contributed by atoms with Crippen LogP contribution in [0.15, 0.2) is 47.4 Å². The zero-order chi connectivity index (χ0) is 20.9. The van der Waals surface area contributed by atoms with Crippen molar-refractivity contribution in [1.29, 1.82) is 0 Å². The van der Waals surface area contributed by atoms with E-state index in [1.54, 1.807) is 4.57 Å². The van der Waals surface area contributed by atoms with Crippen LogP contribution in [0.4, 0.5) is 0 Å². The number of pyridine rings is 1. The number of carbonyl (C=O) groups excluding carboxylic acids is 1. The second kappa shape index (κ2) is 10.9. The zero-order valence-electron chi connectivity index (χ0n) is 18.0. The number of carbonyl (C=O) groups is 1. The molecule has 0 spiro atoms. The molecular formula is C24H32ClN3O3. The Balaban J connectivity index is 0.00000272. The maximum absolute atomic E-state index is 13.1. The Morgan fingerprint density at radius 1 is 1.13 bits per heavy atom. The molecule has 2 atom stereocenters. The van der Waals surface area contributed by atoms with Crippen molar-refractivity contribution >= 4 is 18.3 Å². The summed E-state index contributed by atoms with van der Waals surface area (Å²) in [6, 6.07) is 12.0. The van der Waals surface area contributed by atoms with E-state index in [-0.39, 0.29) is 47.6 Å². The summed E-state index contributed by atoms with van der Waals surface area (Å²) in [7, 11) is 0. The number of aromatic nitrogens is 1. The summed E-state index contributed by atoms with van der Waals surface area (Å²) in [5.74, 6) is -0.277. The number of hydrogen-bond donors (Lipinski definition) is 2. The van der Waals surface area contributed by atoms with Gasteiger partial charge in [-0.3, -0.25) is 9.59 Å². The van der Waals surface area contributed by atoms with Crippen molar-refractivity contribution < 1.29 is 9.53 Å². The lowest BCUT2D eigenvalue weighted by Crippen LogP contribution is -2.44. The molecule has 1 saturated heterocycles. The van der Waals surface area contributed by atoms with Gasteiger partial charge in [-0.05, 0) is 69.3 Å². The van der Waals surface area contributed by atoms with E-state index in [0.717, 1.165) is 56.3 Å². The van der Waals surface area contributed by atoms with E-state index in [2.05, 4.69) is 10.6 Å². The Hall–Kier alpha value is -2.15. The first kappa shape index (κ1) is 23.5. The minimum Gasteiger partial charge on any atom is -0.371 e. The van der Waals surface area contributed by atoms with E-state index < -0.39 is 0 Å². The molecule has 1 aromatic carbocycles. The van der Waals surface area contributed by atoms with Gasteiger partial charge in [0, 0.05) is 12.2 Å². The fourth-order valence-electron chi connectivity index (χ4n) is 4.60. The molecule has 0 radical (unpaired) electrons. The fraction of sp³-hybridized carbons (Fsp3) is 0.500. The molecule has 1 saturated carbocycles. The van der Waals surface area contributed by atoms with Gasteiger partial charge in [-0.25, -0.2) is 0 Å². The summed E-state index contributed by atoms with van der Waals surface area (Å²) in [5, 5.41) is 6.42. The SMILES string of the molecule is Cc1ccn(C2CCNCC2)c(=O)c1C(=O)N[C@@H]1CCC[C@H]1OCc1ccccc1.Cl. The van der Waals surface area contributed by atoms with Crippen molar-refractivity contribution in [3.8, 4) is 0 Å². The first-order chi connectivity index (χ1) is 14.6. The molecule has 1 aliphatic heterocycles. The molecule has 2 N–H and O–H groups in total. The molecular weight excluding hydrogens is 414 g/mol. The van der Waals surface area contributed by atoms with E-state index in [1.165, 1.54) is 0 Å². The number of nitrogens with zero attached hydrogens (tertiary/aromatic N) is 1. The van der Waals surface area contributed by atoms with Gasteiger partial charge in [0.15, 0.2) is 0 Å². The maximum atomic E-state index is 13.1. The number of rotatable bonds is 6. The van der Waals surface area contributed by atoms with Gasteiger partial charge in [0.1, 0.15) is 5.56 Å². The predicted octanol–water partition coefficient (Wildman–Crippen LogP) is 3.37. The molecule has 2 heterocycles. The molecule has 1 amide bonds. The number of nitrogens with one attached hydrogen (secondary N) is 2. The normalized spacial score (nSPS) is 21.5. The fourth-order valence-corrected chi connectivity index (χ4v) is 4.60. The van der Waals surface area contributed by atoms with Crippen LogP contribution in [0.5, 0.6) is 0 Å². The molecule has 31 heavy (non-hydrogen) atoms. The van der Waals surface area contributed by atoms with Crippen molar-refractivity contribution in [2.75, 3.05) is 13.1 Å². The van der Waals surface area contributed by atoms with E-state index >= 15 is 0 Å².